The predicted octanol–water partition coefficient (Wildman–Crippen LogP) is 3.39. The quantitative estimate of drug-likeness (QED) is 0.506. The molecule has 0 fully saturated rings. The Hall–Kier alpha value is -2.74. The third-order valence-corrected chi connectivity index (χ3v) is 4.28. The van der Waals surface area contributed by atoms with Gasteiger partial charge in [0.15, 0.2) is 17.6 Å². The predicted molar refractivity (Wildman–Crippen MR) is 106 cm³/mol. The maximum atomic E-state index is 12.2. The summed E-state index contributed by atoms with van der Waals surface area (Å²) in [5.74, 6) is 1.78. The van der Waals surface area contributed by atoms with Crippen molar-refractivity contribution >= 4 is 28.1 Å². The molecule has 1 N–H and O–H groups in total. The van der Waals surface area contributed by atoms with Crippen LogP contribution in [0, 0.1) is 0 Å². The maximum Gasteiger partial charge on any atom is 0.280 e. The number of halogens is 1. The van der Waals surface area contributed by atoms with E-state index in [1.54, 1.807) is 25.1 Å². The summed E-state index contributed by atoms with van der Waals surface area (Å²) >= 11 is 3.38. The molecule has 0 saturated carbocycles. The van der Waals surface area contributed by atoms with Gasteiger partial charge in [-0.2, -0.15) is 5.10 Å². The molecule has 1 amide bonds. The Morgan fingerprint density at radius 1 is 1.04 bits per heavy atom. The van der Waals surface area contributed by atoms with Gasteiger partial charge in [0.25, 0.3) is 5.91 Å². The molecule has 0 aliphatic carbocycles. The van der Waals surface area contributed by atoms with Crippen molar-refractivity contribution in [3.8, 4) is 23.0 Å². The van der Waals surface area contributed by atoms with Gasteiger partial charge in [-0.3, -0.25) is 4.79 Å². The summed E-state index contributed by atoms with van der Waals surface area (Å²) in [4.78, 5) is 12.2. The number of carbonyl (C=O) groups excluding carboxylic acids is 1. The highest BCUT2D eigenvalue weighted by atomic mass is 79.9. The van der Waals surface area contributed by atoms with Gasteiger partial charge in [-0.1, -0.05) is 12.1 Å². The molecule has 0 spiro atoms. The molecule has 0 saturated heterocycles. The average Bonchev–Trinajstić information content (AvgIpc) is 2.68. The van der Waals surface area contributed by atoms with Crippen LogP contribution in [0.25, 0.3) is 0 Å². The van der Waals surface area contributed by atoms with E-state index in [2.05, 4.69) is 26.5 Å². The molecule has 8 heteroatoms. The van der Waals surface area contributed by atoms with Crippen LogP contribution < -0.4 is 24.4 Å². The average molecular weight is 437 g/mol. The summed E-state index contributed by atoms with van der Waals surface area (Å²) in [6, 6.07) is 10.7. The molecule has 2 aromatic carbocycles. The normalized spacial score (nSPS) is 11.7. The number of carbonyl (C=O) groups is 1. The van der Waals surface area contributed by atoms with Gasteiger partial charge in [0.05, 0.1) is 32.0 Å². The van der Waals surface area contributed by atoms with Crippen molar-refractivity contribution in [1.29, 1.82) is 0 Å². The SMILES string of the molecule is COc1cc(OC)c(OC)cc1C=NNC(=O)C(C)Oc1ccccc1Br. The number of hydrogen-bond acceptors (Lipinski definition) is 6. The number of nitrogens with one attached hydrogen (secondary N) is 1. The summed E-state index contributed by atoms with van der Waals surface area (Å²) in [7, 11) is 4.61. The first-order chi connectivity index (χ1) is 13.0. The molecule has 144 valence electrons. The molecule has 1 unspecified atom stereocenters. The topological polar surface area (TPSA) is 78.4 Å². The molecule has 0 heterocycles. The van der Waals surface area contributed by atoms with E-state index < -0.39 is 6.10 Å². The zero-order valence-corrected chi connectivity index (χ0v) is 17.1. The first kappa shape index (κ1) is 20.6. The highest BCUT2D eigenvalue weighted by Crippen LogP contribution is 2.33. The number of amides is 1. The van der Waals surface area contributed by atoms with Crippen LogP contribution >= 0.6 is 15.9 Å². The minimum atomic E-state index is -0.729. The van der Waals surface area contributed by atoms with E-state index in [-0.39, 0.29) is 5.91 Å². The van der Waals surface area contributed by atoms with Crippen molar-refractivity contribution in [3.63, 3.8) is 0 Å². The second-order valence-electron chi connectivity index (χ2n) is 5.37. The monoisotopic (exact) mass is 436 g/mol. The fourth-order valence-corrected chi connectivity index (χ4v) is 2.57. The fourth-order valence-electron chi connectivity index (χ4n) is 2.19. The van der Waals surface area contributed by atoms with Gasteiger partial charge < -0.3 is 18.9 Å². The Kier molecular flexibility index (Phi) is 7.48. The highest BCUT2D eigenvalue weighted by molar-refractivity contribution is 9.10. The van der Waals surface area contributed by atoms with E-state index >= 15 is 0 Å². The Balaban J connectivity index is 2.06. The van der Waals surface area contributed by atoms with Crippen molar-refractivity contribution in [3.05, 3.63) is 46.4 Å². The number of hydrogen-bond donors (Lipinski definition) is 1. The lowest BCUT2D eigenvalue weighted by Crippen LogP contribution is -2.33. The van der Waals surface area contributed by atoms with Crippen molar-refractivity contribution in [1.82, 2.24) is 5.43 Å². The lowest BCUT2D eigenvalue weighted by Gasteiger charge is -2.14. The van der Waals surface area contributed by atoms with Crippen molar-refractivity contribution in [2.75, 3.05) is 21.3 Å². The largest absolute Gasteiger partial charge is 0.496 e. The summed E-state index contributed by atoms with van der Waals surface area (Å²) < 4.78 is 22.2. The molecular weight excluding hydrogens is 416 g/mol. The number of ether oxygens (including phenoxy) is 4. The molecule has 7 nitrogen and oxygen atoms in total. The van der Waals surface area contributed by atoms with Crippen LogP contribution in [0.2, 0.25) is 0 Å². The molecule has 0 radical (unpaired) electrons. The van der Waals surface area contributed by atoms with Crippen molar-refractivity contribution in [2.45, 2.75) is 13.0 Å². The Morgan fingerprint density at radius 2 is 1.67 bits per heavy atom. The number of methoxy groups -OCH3 is 3. The van der Waals surface area contributed by atoms with E-state index in [1.807, 2.05) is 18.2 Å². The van der Waals surface area contributed by atoms with Crippen LogP contribution in [0.4, 0.5) is 0 Å². The van der Waals surface area contributed by atoms with Crippen LogP contribution in [0.3, 0.4) is 0 Å². The van der Waals surface area contributed by atoms with Crippen molar-refractivity contribution in [2.24, 2.45) is 5.10 Å². The summed E-state index contributed by atoms with van der Waals surface area (Å²) in [6.45, 7) is 1.64. The minimum absolute atomic E-state index is 0.388. The van der Waals surface area contributed by atoms with Crippen LogP contribution in [-0.4, -0.2) is 39.6 Å². The molecule has 2 aromatic rings. The van der Waals surface area contributed by atoms with E-state index in [4.69, 9.17) is 18.9 Å². The number of para-hydroxylation sites is 1. The number of hydrazone groups is 1. The highest BCUT2D eigenvalue weighted by Gasteiger charge is 2.15. The van der Waals surface area contributed by atoms with Crippen LogP contribution in [0.15, 0.2) is 46.0 Å². The molecule has 0 bridgehead atoms. The number of benzene rings is 2. The van der Waals surface area contributed by atoms with Gasteiger partial charge in [0.1, 0.15) is 11.5 Å². The lowest BCUT2D eigenvalue weighted by molar-refractivity contribution is -0.127. The third-order valence-electron chi connectivity index (χ3n) is 3.62. The zero-order chi connectivity index (χ0) is 19.8. The Morgan fingerprint density at radius 3 is 2.30 bits per heavy atom. The molecule has 0 aliphatic rings. The van der Waals surface area contributed by atoms with Crippen LogP contribution in [0.1, 0.15) is 12.5 Å². The zero-order valence-electron chi connectivity index (χ0n) is 15.5. The van der Waals surface area contributed by atoms with Gasteiger partial charge >= 0.3 is 0 Å². The summed E-state index contributed by atoms with van der Waals surface area (Å²) in [5, 5.41) is 3.97. The summed E-state index contributed by atoms with van der Waals surface area (Å²) in [5.41, 5.74) is 3.07. The van der Waals surface area contributed by atoms with Gasteiger partial charge in [-0.25, -0.2) is 5.43 Å². The van der Waals surface area contributed by atoms with Crippen LogP contribution in [0.5, 0.6) is 23.0 Å². The molecule has 27 heavy (non-hydrogen) atoms. The number of rotatable bonds is 8. The van der Waals surface area contributed by atoms with Crippen LogP contribution in [-0.2, 0) is 4.79 Å². The van der Waals surface area contributed by atoms with E-state index in [0.717, 1.165) is 4.47 Å². The lowest BCUT2D eigenvalue weighted by atomic mass is 10.2. The second kappa shape index (κ2) is 9.82. The summed E-state index contributed by atoms with van der Waals surface area (Å²) in [6.07, 6.45) is 0.734. The standard InChI is InChI=1S/C19H21BrN2O5/c1-12(27-15-8-6-5-7-14(15)20)19(23)22-21-11-13-9-17(25-3)18(26-4)10-16(13)24-2/h5-12H,1-4H3,(H,22,23). The van der Waals surface area contributed by atoms with Gasteiger partial charge in [-0.15, -0.1) is 0 Å². The van der Waals surface area contributed by atoms with Crippen molar-refractivity contribution < 1.29 is 23.7 Å². The minimum Gasteiger partial charge on any atom is -0.496 e. The Labute approximate surface area is 166 Å². The third kappa shape index (κ3) is 5.37. The second-order valence-corrected chi connectivity index (χ2v) is 6.23. The van der Waals surface area contributed by atoms with E-state index in [0.29, 0.717) is 28.6 Å². The van der Waals surface area contributed by atoms with Gasteiger partial charge in [-0.05, 0) is 41.1 Å². The van der Waals surface area contributed by atoms with Gasteiger partial charge in [0, 0.05) is 11.6 Å². The van der Waals surface area contributed by atoms with Gasteiger partial charge in [0.2, 0.25) is 0 Å². The molecule has 1 atom stereocenters. The maximum absolute atomic E-state index is 12.2. The smallest absolute Gasteiger partial charge is 0.280 e. The molecule has 0 aliphatic heterocycles. The van der Waals surface area contributed by atoms with E-state index in [9.17, 15) is 4.79 Å². The molecule has 0 aromatic heterocycles. The fraction of sp³-hybridized carbons (Fsp3) is 0.263. The molecular formula is C19H21BrN2O5. The first-order valence-corrected chi connectivity index (χ1v) is 8.83. The number of nitrogens with zero attached hydrogens (tertiary/aromatic N) is 1. The molecule has 2 rings (SSSR count). The van der Waals surface area contributed by atoms with E-state index in [1.165, 1.54) is 27.5 Å². The first-order valence-electron chi connectivity index (χ1n) is 8.04. The Bertz CT molecular complexity index is 826.